The lowest BCUT2D eigenvalue weighted by Gasteiger charge is -2.16. The Kier molecular flexibility index (Phi) is 6.76. The molecule has 2 aromatic heterocycles. The van der Waals surface area contributed by atoms with Crippen molar-refractivity contribution in [3.63, 3.8) is 0 Å². The molecule has 3 rings (SSSR count). The number of hydrogen-bond donors (Lipinski definition) is 8. The van der Waals surface area contributed by atoms with Crippen LogP contribution in [0.4, 0.5) is 5.82 Å². The number of nitrogen functional groups attached to an aromatic ring is 1. The molecule has 1 aliphatic heterocycles. The van der Waals surface area contributed by atoms with E-state index in [-0.39, 0.29) is 11.6 Å². The Morgan fingerprint density at radius 3 is 2.17 bits per heavy atom. The number of rotatable bonds is 4. The van der Waals surface area contributed by atoms with Crippen LogP contribution in [0, 0.1) is 0 Å². The van der Waals surface area contributed by atoms with Crippen molar-refractivity contribution in [2.24, 2.45) is 0 Å². The van der Waals surface area contributed by atoms with Gasteiger partial charge < -0.3 is 45.4 Å². The third-order valence-electron chi connectivity index (χ3n) is 3.44. The highest BCUT2D eigenvalue weighted by atomic mass is 31.3. The molecule has 0 radical (unpaired) electrons. The second kappa shape index (κ2) is 8.41. The van der Waals surface area contributed by atoms with E-state index in [1.165, 1.54) is 17.2 Å². The zero-order chi connectivity index (χ0) is 22.1. The van der Waals surface area contributed by atoms with Gasteiger partial charge in [0.25, 0.3) is 0 Å². The fourth-order valence-electron chi connectivity index (χ4n) is 2.36. The van der Waals surface area contributed by atoms with Gasteiger partial charge in [-0.25, -0.2) is 24.1 Å². The van der Waals surface area contributed by atoms with Gasteiger partial charge in [0.2, 0.25) is 0 Å². The molecule has 162 valence electrons. The zero-order valence-corrected chi connectivity index (χ0v) is 16.0. The Hall–Kier alpha value is -1.97. The third-order valence-corrected chi connectivity index (χ3v) is 5.14. The monoisotopic (exact) mass is 457 g/mol. The first kappa shape index (κ1) is 23.3. The molecule has 16 nitrogen and oxygen atoms in total. The van der Waals surface area contributed by atoms with E-state index < -0.39 is 40.2 Å². The van der Waals surface area contributed by atoms with E-state index in [4.69, 9.17) is 30.0 Å². The Bertz CT molecular complexity index is 967. The average molecular weight is 457 g/mol. The smallest absolute Gasteiger partial charge is 0.478 e. The van der Waals surface area contributed by atoms with Gasteiger partial charge in [-0.05, 0) is 0 Å². The number of hydrogen-bond acceptors (Lipinski definition) is 11. The molecule has 0 aromatic carbocycles. The van der Waals surface area contributed by atoms with Gasteiger partial charge in [0.1, 0.15) is 35.9 Å². The van der Waals surface area contributed by atoms with E-state index in [0.29, 0.717) is 11.2 Å². The van der Waals surface area contributed by atoms with Crippen molar-refractivity contribution in [1.82, 2.24) is 19.5 Å². The highest BCUT2D eigenvalue weighted by Crippen LogP contribution is 2.53. The van der Waals surface area contributed by atoms with Crippen LogP contribution in [0.5, 0.6) is 0 Å². The maximum absolute atomic E-state index is 10.0. The molecule has 29 heavy (non-hydrogen) atoms. The predicted molar refractivity (Wildman–Crippen MR) is 92.6 cm³/mol. The van der Waals surface area contributed by atoms with Gasteiger partial charge in [0, 0.05) is 0 Å². The predicted octanol–water partition coefficient (Wildman–Crippen LogP) is -1.71. The maximum Gasteiger partial charge on any atom is 0.478 e. The number of imidazole rings is 1. The fraction of sp³-hybridized carbons (Fsp3) is 0.364. The first-order valence-corrected chi connectivity index (χ1v) is 10.4. The summed E-state index contributed by atoms with van der Waals surface area (Å²) >= 11 is 0. The number of fused-ring (bicyclic) bond motifs is 1. The summed E-state index contributed by atoms with van der Waals surface area (Å²) in [4.78, 5) is 42.9. The van der Waals surface area contributed by atoms with Gasteiger partial charge in [0.05, 0.1) is 6.33 Å². The molecule has 0 saturated carbocycles. The fourth-order valence-corrected chi connectivity index (χ4v) is 3.47. The number of anilines is 1. The van der Waals surface area contributed by atoms with Gasteiger partial charge in [-0.15, -0.1) is 0 Å². The van der Waals surface area contributed by atoms with Crippen molar-refractivity contribution in [3.8, 4) is 0 Å². The molecule has 9 N–H and O–H groups in total. The molecular weight excluding hydrogens is 440 g/mol. The molecule has 0 spiro atoms. The Labute approximate surface area is 161 Å². The van der Waals surface area contributed by atoms with Gasteiger partial charge in [-0.1, -0.05) is 6.58 Å². The first-order valence-electron chi connectivity index (χ1n) is 7.36. The number of aliphatic hydroxyl groups is 3. The highest BCUT2D eigenvalue weighted by molar-refractivity contribution is 7.60. The van der Waals surface area contributed by atoms with Crippen molar-refractivity contribution in [2.45, 2.75) is 24.5 Å². The molecular formula is C11H17N5O11P2. The molecule has 0 aliphatic carbocycles. The summed E-state index contributed by atoms with van der Waals surface area (Å²) in [6.45, 7) is 3.30. The number of nitrogens with two attached hydrogens (primary N) is 1. The quantitative estimate of drug-likeness (QED) is 0.188. The largest absolute Gasteiger partial charge is 0.510 e. The lowest BCUT2D eigenvalue weighted by Crippen LogP contribution is -2.32. The molecule has 18 heteroatoms. The van der Waals surface area contributed by atoms with Gasteiger partial charge in [0.15, 0.2) is 17.7 Å². The van der Waals surface area contributed by atoms with Gasteiger partial charge >= 0.3 is 15.6 Å². The Morgan fingerprint density at radius 1 is 1.14 bits per heavy atom. The second-order valence-corrected chi connectivity index (χ2v) is 8.18. The molecule has 1 saturated heterocycles. The van der Waals surface area contributed by atoms with E-state index in [0.717, 1.165) is 0 Å². The minimum absolute atomic E-state index is 0.199. The number of aromatic nitrogens is 4. The summed E-state index contributed by atoms with van der Waals surface area (Å²) in [5.41, 5.74) is 6.40. The number of ether oxygens (including phenoxy) is 1. The third kappa shape index (κ3) is 5.77. The SMILES string of the molecule is C=C(O)[C@H]1O[C@@H](n2cnc3c(N)ncnc32)[C@H](O)[C@@H]1O.O=P(O)(O)OP(=O)(O)O. The van der Waals surface area contributed by atoms with Crippen LogP contribution in [0.15, 0.2) is 25.0 Å². The van der Waals surface area contributed by atoms with Crippen LogP contribution in [-0.2, 0) is 18.2 Å². The maximum atomic E-state index is 10.0. The van der Waals surface area contributed by atoms with E-state index in [1.807, 2.05) is 0 Å². The summed E-state index contributed by atoms with van der Waals surface area (Å²) in [7, 11) is -10.1. The van der Waals surface area contributed by atoms with Crippen LogP contribution in [0.1, 0.15) is 6.23 Å². The summed E-state index contributed by atoms with van der Waals surface area (Å²) in [6, 6.07) is 0. The second-order valence-electron chi connectivity index (χ2n) is 5.57. The number of aliphatic hydroxyl groups excluding tert-OH is 3. The number of phosphoric acid groups is 2. The molecule has 0 unspecified atom stereocenters. The van der Waals surface area contributed by atoms with Crippen LogP contribution in [0.2, 0.25) is 0 Å². The van der Waals surface area contributed by atoms with Crippen molar-refractivity contribution in [1.29, 1.82) is 0 Å². The molecule has 1 fully saturated rings. The van der Waals surface area contributed by atoms with Crippen molar-refractivity contribution >= 4 is 32.6 Å². The molecule has 4 atom stereocenters. The lowest BCUT2D eigenvalue weighted by molar-refractivity contribution is -0.0338. The molecule has 2 aromatic rings. The summed E-state index contributed by atoms with van der Waals surface area (Å²) in [5.74, 6) is -0.164. The zero-order valence-electron chi connectivity index (χ0n) is 14.2. The van der Waals surface area contributed by atoms with Crippen LogP contribution in [-0.4, -0.2) is 72.7 Å². The topological polar surface area (TPSA) is 264 Å². The van der Waals surface area contributed by atoms with Gasteiger partial charge in [-0.3, -0.25) is 4.57 Å². The molecule has 0 bridgehead atoms. The summed E-state index contributed by atoms with van der Waals surface area (Å²) in [6.07, 6.45) is -1.97. The van der Waals surface area contributed by atoms with Crippen molar-refractivity contribution in [2.75, 3.05) is 5.73 Å². The van der Waals surface area contributed by atoms with E-state index in [9.17, 15) is 24.4 Å². The van der Waals surface area contributed by atoms with Crippen molar-refractivity contribution < 1.29 is 53.1 Å². The van der Waals surface area contributed by atoms with Crippen LogP contribution in [0.3, 0.4) is 0 Å². The highest BCUT2D eigenvalue weighted by Gasteiger charge is 2.45. The summed E-state index contributed by atoms with van der Waals surface area (Å²) in [5, 5.41) is 29.2. The van der Waals surface area contributed by atoms with Crippen LogP contribution >= 0.6 is 15.6 Å². The van der Waals surface area contributed by atoms with E-state index in [2.05, 4.69) is 25.8 Å². The molecule has 3 heterocycles. The standard InChI is InChI=1S/C11H13N5O4.H4O7P2/c1-4(17)8-6(18)7(19)11(20-8)16-3-15-5-9(12)13-2-14-10(5)16;1-8(2,3)7-9(4,5)6/h2-3,6-8,11,17-19H,1H2,(H2,12,13,14);(H2,1,2,3)(H2,4,5,6)/t6-,7+,8+,11+;/m0./s1. The van der Waals surface area contributed by atoms with E-state index in [1.54, 1.807) is 0 Å². The number of nitrogens with zero attached hydrogens (tertiary/aromatic N) is 4. The van der Waals surface area contributed by atoms with Gasteiger partial charge in [-0.2, -0.15) is 4.31 Å². The lowest BCUT2D eigenvalue weighted by atomic mass is 10.1. The normalized spacial score (nSPS) is 24.9. The Morgan fingerprint density at radius 2 is 1.72 bits per heavy atom. The average Bonchev–Trinajstić information content (AvgIpc) is 3.08. The minimum Gasteiger partial charge on any atom is -0.510 e. The molecule has 1 aliphatic rings. The van der Waals surface area contributed by atoms with E-state index >= 15 is 0 Å². The Balaban J connectivity index is 0.000000284. The minimum atomic E-state index is -5.05. The van der Waals surface area contributed by atoms with Crippen molar-refractivity contribution in [3.05, 3.63) is 25.0 Å². The van der Waals surface area contributed by atoms with Crippen LogP contribution < -0.4 is 5.73 Å². The molecule has 0 amide bonds. The summed E-state index contributed by atoms with van der Waals surface area (Å²) < 4.78 is 29.0. The first-order chi connectivity index (χ1) is 13.2. The van der Waals surface area contributed by atoms with Crippen LogP contribution in [0.25, 0.3) is 11.2 Å².